The van der Waals surface area contributed by atoms with Gasteiger partial charge in [0.2, 0.25) is 0 Å². The highest BCUT2D eigenvalue weighted by molar-refractivity contribution is 5.15. The van der Waals surface area contributed by atoms with Crippen molar-refractivity contribution in [1.29, 1.82) is 0 Å². The van der Waals surface area contributed by atoms with E-state index in [-0.39, 0.29) is 5.79 Å². The van der Waals surface area contributed by atoms with Crippen LogP contribution < -0.4 is 0 Å². The molecule has 3 heteroatoms. The summed E-state index contributed by atoms with van der Waals surface area (Å²) in [6, 6.07) is 11.9. The number of hydrogen-bond donors (Lipinski definition) is 0. The van der Waals surface area contributed by atoms with E-state index in [9.17, 15) is 0 Å². The van der Waals surface area contributed by atoms with E-state index in [2.05, 4.69) is 49.1 Å². The van der Waals surface area contributed by atoms with Gasteiger partial charge in [-0.2, -0.15) is 0 Å². The fraction of sp³-hybridized carbons (Fsp3) is 0.667. The van der Waals surface area contributed by atoms with Crippen molar-refractivity contribution >= 4 is 0 Å². The first-order valence-electron chi connectivity index (χ1n) is 8.34. The molecule has 0 bridgehead atoms. The molecule has 2 atom stereocenters. The highest BCUT2D eigenvalue weighted by Crippen LogP contribution is 2.40. The normalized spacial score (nSPS) is 29.0. The van der Waals surface area contributed by atoms with E-state index in [0.717, 1.165) is 45.4 Å². The number of benzene rings is 1. The molecule has 0 radical (unpaired) electrons. The molecule has 1 spiro atoms. The lowest BCUT2D eigenvalue weighted by atomic mass is 9.87. The first-order valence-corrected chi connectivity index (χ1v) is 8.34. The zero-order chi connectivity index (χ0) is 14.7. The number of rotatable bonds is 4. The SMILES string of the molecule is CC[C@@H]1CC2(C[C@H](CC)N1Cc1ccccc1)OCCO2. The van der Waals surface area contributed by atoms with Crippen molar-refractivity contribution in [2.75, 3.05) is 13.2 Å². The molecule has 3 rings (SSSR count). The van der Waals surface area contributed by atoms with E-state index in [1.807, 2.05) is 0 Å². The van der Waals surface area contributed by atoms with Crippen LogP contribution in [0.1, 0.15) is 45.1 Å². The Bertz CT molecular complexity index is 426. The summed E-state index contributed by atoms with van der Waals surface area (Å²) in [7, 11) is 0. The average molecular weight is 289 g/mol. The van der Waals surface area contributed by atoms with E-state index in [0.29, 0.717) is 12.1 Å². The maximum atomic E-state index is 6.00. The maximum absolute atomic E-state index is 6.00. The molecule has 0 unspecified atom stereocenters. The Morgan fingerprint density at radius 2 is 1.57 bits per heavy atom. The number of nitrogens with zero attached hydrogens (tertiary/aromatic N) is 1. The van der Waals surface area contributed by atoms with Gasteiger partial charge in [0.25, 0.3) is 0 Å². The first kappa shape index (κ1) is 15.0. The van der Waals surface area contributed by atoms with Crippen LogP contribution >= 0.6 is 0 Å². The second kappa shape index (κ2) is 6.47. The predicted octanol–water partition coefficient (Wildman–Crippen LogP) is 3.58. The molecule has 21 heavy (non-hydrogen) atoms. The van der Waals surface area contributed by atoms with Gasteiger partial charge < -0.3 is 9.47 Å². The third-order valence-corrected chi connectivity index (χ3v) is 5.00. The van der Waals surface area contributed by atoms with Crippen molar-refractivity contribution in [3.05, 3.63) is 35.9 Å². The minimum absolute atomic E-state index is 0.297. The average Bonchev–Trinajstić information content (AvgIpc) is 2.97. The second-order valence-electron chi connectivity index (χ2n) is 6.30. The number of ether oxygens (including phenoxy) is 2. The van der Waals surface area contributed by atoms with Crippen LogP contribution in [0.3, 0.4) is 0 Å². The van der Waals surface area contributed by atoms with Crippen molar-refractivity contribution in [2.45, 2.75) is 63.9 Å². The van der Waals surface area contributed by atoms with E-state index < -0.39 is 0 Å². The summed E-state index contributed by atoms with van der Waals surface area (Å²) in [6.07, 6.45) is 4.31. The molecule has 2 aliphatic heterocycles. The molecule has 2 saturated heterocycles. The summed E-state index contributed by atoms with van der Waals surface area (Å²) >= 11 is 0. The van der Waals surface area contributed by atoms with Gasteiger partial charge >= 0.3 is 0 Å². The monoisotopic (exact) mass is 289 g/mol. The highest BCUT2D eigenvalue weighted by Gasteiger charge is 2.47. The predicted molar refractivity (Wildman–Crippen MR) is 84.0 cm³/mol. The van der Waals surface area contributed by atoms with Gasteiger partial charge in [-0.15, -0.1) is 0 Å². The summed E-state index contributed by atoms with van der Waals surface area (Å²) < 4.78 is 12.0. The lowest BCUT2D eigenvalue weighted by Crippen LogP contribution is -2.55. The van der Waals surface area contributed by atoms with Crippen LogP contribution in [0, 0.1) is 0 Å². The molecule has 0 aliphatic carbocycles. The lowest BCUT2D eigenvalue weighted by molar-refractivity contribution is -0.211. The molecule has 0 amide bonds. The fourth-order valence-corrected chi connectivity index (χ4v) is 3.88. The molecule has 116 valence electrons. The van der Waals surface area contributed by atoms with Gasteiger partial charge in [0.1, 0.15) is 0 Å². The number of likely N-dealkylation sites (tertiary alicyclic amines) is 1. The third-order valence-electron chi connectivity index (χ3n) is 5.00. The van der Waals surface area contributed by atoms with Gasteiger partial charge in [-0.3, -0.25) is 4.90 Å². The Balaban J connectivity index is 1.78. The van der Waals surface area contributed by atoms with Crippen molar-refractivity contribution in [3.8, 4) is 0 Å². The molecule has 2 aliphatic rings. The van der Waals surface area contributed by atoms with Crippen LogP contribution in [-0.2, 0) is 16.0 Å². The molecule has 2 fully saturated rings. The molecule has 0 N–H and O–H groups in total. The Morgan fingerprint density at radius 1 is 1.00 bits per heavy atom. The Kier molecular flexibility index (Phi) is 4.63. The van der Waals surface area contributed by atoms with Gasteiger partial charge in [0, 0.05) is 31.5 Å². The van der Waals surface area contributed by atoms with E-state index in [1.54, 1.807) is 0 Å². The summed E-state index contributed by atoms with van der Waals surface area (Å²) in [5.41, 5.74) is 1.40. The summed E-state index contributed by atoms with van der Waals surface area (Å²) in [6.45, 7) is 7.11. The van der Waals surface area contributed by atoms with Gasteiger partial charge in [0.15, 0.2) is 5.79 Å². The molecule has 0 aromatic heterocycles. The van der Waals surface area contributed by atoms with E-state index >= 15 is 0 Å². The smallest absolute Gasteiger partial charge is 0.171 e. The van der Waals surface area contributed by atoms with Crippen molar-refractivity contribution < 1.29 is 9.47 Å². The van der Waals surface area contributed by atoms with E-state index in [1.165, 1.54) is 5.56 Å². The molecule has 1 aromatic carbocycles. The van der Waals surface area contributed by atoms with Crippen LogP contribution in [0.5, 0.6) is 0 Å². The molecule has 0 saturated carbocycles. The van der Waals surface area contributed by atoms with Gasteiger partial charge in [-0.05, 0) is 18.4 Å². The molecule has 1 aromatic rings. The van der Waals surface area contributed by atoms with Crippen LogP contribution in [0.2, 0.25) is 0 Å². The van der Waals surface area contributed by atoms with E-state index in [4.69, 9.17) is 9.47 Å². The highest BCUT2D eigenvalue weighted by atomic mass is 16.7. The Labute approximate surface area is 128 Å². The Hall–Kier alpha value is -0.900. The fourth-order valence-electron chi connectivity index (χ4n) is 3.88. The summed E-state index contributed by atoms with van der Waals surface area (Å²) in [4.78, 5) is 2.67. The molecular formula is C18H27NO2. The molecule has 2 heterocycles. The maximum Gasteiger partial charge on any atom is 0.171 e. The van der Waals surface area contributed by atoms with Crippen LogP contribution in [0.25, 0.3) is 0 Å². The van der Waals surface area contributed by atoms with Crippen LogP contribution in [0.4, 0.5) is 0 Å². The van der Waals surface area contributed by atoms with Gasteiger partial charge in [-0.1, -0.05) is 44.2 Å². The lowest BCUT2D eigenvalue weighted by Gasteiger charge is -2.48. The molecule has 3 nitrogen and oxygen atoms in total. The van der Waals surface area contributed by atoms with Crippen LogP contribution in [-0.4, -0.2) is 36.0 Å². The summed E-state index contributed by atoms with van der Waals surface area (Å²) in [5, 5.41) is 0. The van der Waals surface area contributed by atoms with Crippen molar-refractivity contribution in [1.82, 2.24) is 4.90 Å². The number of piperidine rings is 1. The van der Waals surface area contributed by atoms with Crippen molar-refractivity contribution in [3.63, 3.8) is 0 Å². The third kappa shape index (κ3) is 3.15. The first-order chi connectivity index (χ1) is 10.3. The Morgan fingerprint density at radius 3 is 2.10 bits per heavy atom. The quantitative estimate of drug-likeness (QED) is 0.845. The standard InChI is InChI=1S/C18H27NO2/c1-3-16-12-18(20-10-11-21-18)13-17(4-2)19(16)14-15-8-6-5-7-9-15/h5-9,16-17H,3-4,10-14H2,1-2H3/t16-,17+. The number of hydrogen-bond acceptors (Lipinski definition) is 3. The zero-order valence-electron chi connectivity index (χ0n) is 13.3. The second-order valence-corrected chi connectivity index (χ2v) is 6.30. The topological polar surface area (TPSA) is 21.7 Å². The summed E-state index contributed by atoms with van der Waals surface area (Å²) in [5.74, 6) is -0.297. The van der Waals surface area contributed by atoms with Crippen molar-refractivity contribution in [2.24, 2.45) is 0 Å². The van der Waals surface area contributed by atoms with Gasteiger partial charge in [-0.25, -0.2) is 0 Å². The zero-order valence-corrected chi connectivity index (χ0v) is 13.3. The minimum atomic E-state index is -0.297. The molecular weight excluding hydrogens is 262 g/mol. The van der Waals surface area contributed by atoms with Gasteiger partial charge in [0.05, 0.1) is 13.2 Å². The largest absolute Gasteiger partial charge is 0.347 e. The van der Waals surface area contributed by atoms with Crippen LogP contribution in [0.15, 0.2) is 30.3 Å². The minimum Gasteiger partial charge on any atom is -0.347 e.